The van der Waals surface area contributed by atoms with Crippen molar-refractivity contribution in [1.82, 2.24) is 9.55 Å². The molecule has 0 spiro atoms. The van der Waals surface area contributed by atoms with Crippen LogP contribution in [-0.4, -0.2) is 21.1 Å². The number of benzene rings is 1. The molecule has 0 saturated carbocycles. The number of pyridine rings is 1. The van der Waals surface area contributed by atoms with Crippen LogP contribution in [0.5, 0.6) is 0 Å². The number of fused-ring (bicyclic) bond motifs is 3. The van der Waals surface area contributed by atoms with Gasteiger partial charge in [-0.1, -0.05) is 31.5 Å². The van der Waals surface area contributed by atoms with Gasteiger partial charge in [0.1, 0.15) is 11.3 Å². The zero-order chi connectivity index (χ0) is 19.1. The number of hydrogen-bond donors (Lipinski definition) is 1. The molecule has 0 unspecified atom stereocenters. The third-order valence-corrected chi connectivity index (χ3v) is 4.54. The summed E-state index contributed by atoms with van der Waals surface area (Å²) in [6.45, 7) is 7.62. The molecule has 5 heteroatoms. The summed E-state index contributed by atoms with van der Waals surface area (Å²) < 4.78 is 7.23. The Morgan fingerprint density at radius 1 is 1.23 bits per heavy atom. The Morgan fingerprint density at radius 3 is 2.58 bits per heavy atom. The molecule has 0 aliphatic carbocycles. The topological polar surface area (TPSA) is 64.1 Å². The average Bonchev–Trinajstić information content (AvgIpc) is 2.96. The van der Waals surface area contributed by atoms with Crippen molar-refractivity contribution in [3.05, 3.63) is 45.9 Å². The molecule has 2 heterocycles. The fourth-order valence-electron chi connectivity index (χ4n) is 3.34. The minimum absolute atomic E-state index is 0.0872. The zero-order valence-corrected chi connectivity index (χ0v) is 16.1. The van der Waals surface area contributed by atoms with E-state index >= 15 is 0 Å². The summed E-state index contributed by atoms with van der Waals surface area (Å²) in [7, 11) is 1.77. The lowest BCUT2D eigenvalue weighted by atomic mass is 10.0. The molecule has 2 aromatic heterocycles. The monoisotopic (exact) mass is 354 g/mol. The number of ether oxygens (including phenoxy) is 1. The first-order valence-electron chi connectivity index (χ1n) is 9.10. The fraction of sp³-hybridized carbons (Fsp3) is 0.429. The van der Waals surface area contributed by atoms with Gasteiger partial charge in [0.15, 0.2) is 0 Å². The Labute approximate surface area is 153 Å². The number of aryl methyl sites for hydroxylation is 2. The SMILES string of the molecule is CCCCc1c(C(=O)OC(C)(C)C)[nH]c2c1c(=O)n(C)c1ccccc21. The number of nitrogens with zero attached hydrogens (tertiary/aromatic N) is 1. The van der Waals surface area contributed by atoms with E-state index in [2.05, 4.69) is 11.9 Å². The van der Waals surface area contributed by atoms with Gasteiger partial charge in [-0.15, -0.1) is 0 Å². The maximum Gasteiger partial charge on any atom is 0.355 e. The van der Waals surface area contributed by atoms with E-state index < -0.39 is 11.6 Å². The van der Waals surface area contributed by atoms with Gasteiger partial charge >= 0.3 is 5.97 Å². The lowest BCUT2D eigenvalue weighted by molar-refractivity contribution is 0.00627. The third kappa shape index (κ3) is 3.14. The van der Waals surface area contributed by atoms with Gasteiger partial charge in [0.05, 0.1) is 16.4 Å². The Morgan fingerprint density at radius 2 is 1.92 bits per heavy atom. The third-order valence-electron chi connectivity index (χ3n) is 4.54. The van der Waals surface area contributed by atoms with Crippen LogP contribution in [0.25, 0.3) is 21.8 Å². The van der Waals surface area contributed by atoms with Crippen LogP contribution >= 0.6 is 0 Å². The van der Waals surface area contributed by atoms with Gasteiger partial charge in [-0.2, -0.15) is 0 Å². The number of aromatic nitrogens is 2. The van der Waals surface area contributed by atoms with E-state index in [0.717, 1.165) is 34.8 Å². The first-order valence-corrected chi connectivity index (χ1v) is 9.10. The zero-order valence-electron chi connectivity index (χ0n) is 16.1. The number of unbranched alkanes of at least 4 members (excludes halogenated alkanes) is 1. The Balaban J connectivity index is 2.34. The number of hydrogen-bond acceptors (Lipinski definition) is 3. The van der Waals surface area contributed by atoms with E-state index in [9.17, 15) is 9.59 Å². The number of carbonyl (C=O) groups is 1. The number of rotatable bonds is 4. The second-order valence-electron chi connectivity index (χ2n) is 7.72. The van der Waals surface area contributed by atoms with Crippen molar-refractivity contribution >= 4 is 27.8 Å². The molecule has 0 atom stereocenters. The van der Waals surface area contributed by atoms with Crippen molar-refractivity contribution < 1.29 is 9.53 Å². The predicted molar refractivity (Wildman–Crippen MR) is 105 cm³/mol. The highest BCUT2D eigenvalue weighted by molar-refractivity contribution is 6.08. The number of carbonyl (C=O) groups excluding carboxylic acids is 1. The minimum atomic E-state index is -0.594. The van der Waals surface area contributed by atoms with Crippen LogP contribution in [0.4, 0.5) is 0 Å². The van der Waals surface area contributed by atoms with Crippen LogP contribution < -0.4 is 5.56 Å². The highest BCUT2D eigenvalue weighted by Gasteiger charge is 2.26. The van der Waals surface area contributed by atoms with Gasteiger partial charge in [0.25, 0.3) is 5.56 Å². The molecule has 1 N–H and O–H groups in total. The molecule has 138 valence electrons. The van der Waals surface area contributed by atoms with Crippen LogP contribution in [0, 0.1) is 0 Å². The van der Waals surface area contributed by atoms with Crippen molar-refractivity contribution in [1.29, 1.82) is 0 Å². The summed E-state index contributed by atoms with van der Waals surface area (Å²) in [6.07, 6.45) is 2.55. The number of H-pyrrole nitrogens is 1. The minimum Gasteiger partial charge on any atom is -0.455 e. The Kier molecular flexibility index (Phi) is 4.65. The van der Waals surface area contributed by atoms with Gasteiger partial charge in [-0.05, 0) is 45.2 Å². The number of esters is 1. The molecule has 0 aliphatic heterocycles. The Bertz CT molecular complexity index is 1040. The van der Waals surface area contributed by atoms with Crippen LogP contribution in [0.1, 0.15) is 56.6 Å². The maximum absolute atomic E-state index is 13.0. The van der Waals surface area contributed by atoms with Crippen molar-refractivity contribution in [2.45, 2.75) is 52.6 Å². The van der Waals surface area contributed by atoms with Gasteiger partial charge in [0, 0.05) is 12.4 Å². The molecule has 1 aromatic carbocycles. The highest BCUT2D eigenvalue weighted by atomic mass is 16.6. The number of aromatic amines is 1. The summed E-state index contributed by atoms with van der Waals surface area (Å²) >= 11 is 0. The van der Waals surface area contributed by atoms with E-state index in [0.29, 0.717) is 17.5 Å². The maximum atomic E-state index is 13.0. The predicted octanol–water partition coefficient (Wildman–Crippen LogP) is 4.32. The summed E-state index contributed by atoms with van der Waals surface area (Å²) in [4.78, 5) is 29.0. The van der Waals surface area contributed by atoms with Crippen molar-refractivity contribution in [2.75, 3.05) is 0 Å². The lowest BCUT2D eigenvalue weighted by Crippen LogP contribution is -2.25. The summed E-state index contributed by atoms with van der Waals surface area (Å²) in [5.74, 6) is -0.411. The van der Waals surface area contributed by atoms with Gasteiger partial charge < -0.3 is 14.3 Å². The van der Waals surface area contributed by atoms with Gasteiger partial charge in [-0.3, -0.25) is 4.79 Å². The van der Waals surface area contributed by atoms with Crippen LogP contribution in [0.15, 0.2) is 29.1 Å². The van der Waals surface area contributed by atoms with Gasteiger partial charge in [-0.25, -0.2) is 4.79 Å². The first-order chi connectivity index (χ1) is 12.2. The average molecular weight is 354 g/mol. The van der Waals surface area contributed by atoms with E-state index in [1.807, 2.05) is 45.0 Å². The smallest absolute Gasteiger partial charge is 0.355 e. The molecule has 0 fully saturated rings. The van der Waals surface area contributed by atoms with Crippen molar-refractivity contribution in [3.63, 3.8) is 0 Å². The molecule has 3 rings (SSSR count). The normalized spacial score (nSPS) is 12.0. The summed E-state index contributed by atoms with van der Waals surface area (Å²) in [5, 5.41) is 1.53. The molecule has 0 saturated heterocycles. The first kappa shape index (κ1) is 18.2. The second-order valence-corrected chi connectivity index (χ2v) is 7.72. The highest BCUT2D eigenvalue weighted by Crippen LogP contribution is 2.29. The fourth-order valence-corrected chi connectivity index (χ4v) is 3.34. The largest absolute Gasteiger partial charge is 0.455 e. The molecule has 0 bridgehead atoms. The van der Waals surface area contributed by atoms with Gasteiger partial charge in [0.2, 0.25) is 0 Å². The molecule has 0 aliphatic rings. The lowest BCUT2D eigenvalue weighted by Gasteiger charge is -2.19. The number of para-hydroxylation sites is 1. The standard InChI is InChI=1S/C21H26N2O3/c1-6-7-10-14-16-17(22-18(14)20(25)26-21(2,3)4)13-11-8-9-12-15(13)23(5)19(16)24/h8-9,11-12,22H,6-7,10H2,1-5H3. The van der Waals surface area contributed by atoms with E-state index in [-0.39, 0.29) is 5.56 Å². The summed E-state index contributed by atoms with van der Waals surface area (Å²) in [6, 6.07) is 7.72. The van der Waals surface area contributed by atoms with E-state index in [1.165, 1.54) is 0 Å². The Hall–Kier alpha value is -2.56. The molecule has 0 radical (unpaired) electrons. The quantitative estimate of drug-likeness (QED) is 0.710. The van der Waals surface area contributed by atoms with Crippen LogP contribution in [-0.2, 0) is 18.2 Å². The molecular weight excluding hydrogens is 328 g/mol. The van der Waals surface area contributed by atoms with Crippen LogP contribution in [0.3, 0.4) is 0 Å². The van der Waals surface area contributed by atoms with Crippen LogP contribution in [0.2, 0.25) is 0 Å². The van der Waals surface area contributed by atoms with Crippen molar-refractivity contribution in [3.8, 4) is 0 Å². The van der Waals surface area contributed by atoms with E-state index in [4.69, 9.17) is 4.74 Å². The number of nitrogens with one attached hydrogen (secondary N) is 1. The summed E-state index contributed by atoms with van der Waals surface area (Å²) in [5.41, 5.74) is 2.04. The molecule has 5 nitrogen and oxygen atoms in total. The molecule has 0 amide bonds. The van der Waals surface area contributed by atoms with Crippen molar-refractivity contribution in [2.24, 2.45) is 7.05 Å². The second kappa shape index (κ2) is 6.63. The van der Waals surface area contributed by atoms with E-state index in [1.54, 1.807) is 11.6 Å². The molecular formula is C21H26N2O3. The molecule has 26 heavy (non-hydrogen) atoms. The molecule has 3 aromatic rings.